The number of benzene rings is 1. The molecule has 2 atom stereocenters. The van der Waals surface area contributed by atoms with Gasteiger partial charge in [0.25, 0.3) is 0 Å². The van der Waals surface area contributed by atoms with E-state index >= 15 is 0 Å². The molecule has 2 rings (SSSR count). The maximum Gasteiger partial charge on any atom is 0.244 e. The van der Waals surface area contributed by atoms with Gasteiger partial charge in [0.2, 0.25) is 5.91 Å². The molecule has 1 aliphatic heterocycles. The van der Waals surface area contributed by atoms with Crippen molar-refractivity contribution in [2.75, 3.05) is 31.0 Å². The second-order valence-electron chi connectivity index (χ2n) is 6.01. The van der Waals surface area contributed by atoms with Crippen LogP contribution in [0.2, 0.25) is 0 Å². The van der Waals surface area contributed by atoms with Crippen LogP contribution in [0.5, 0.6) is 0 Å². The zero-order valence-corrected chi connectivity index (χ0v) is 14.6. The third kappa shape index (κ3) is 4.68. The van der Waals surface area contributed by atoms with E-state index in [1.54, 1.807) is 26.0 Å². The van der Waals surface area contributed by atoms with Crippen LogP contribution in [0, 0.1) is 0 Å². The van der Waals surface area contributed by atoms with Crippen LogP contribution in [-0.4, -0.2) is 57.0 Å². The predicted molar refractivity (Wildman–Crippen MR) is 90.1 cm³/mol. The van der Waals surface area contributed by atoms with Crippen molar-refractivity contribution in [1.29, 1.82) is 0 Å². The van der Waals surface area contributed by atoms with Gasteiger partial charge in [-0.3, -0.25) is 4.79 Å². The van der Waals surface area contributed by atoms with Crippen LogP contribution >= 0.6 is 0 Å². The quantitative estimate of drug-likeness (QED) is 0.844. The van der Waals surface area contributed by atoms with Crippen molar-refractivity contribution >= 4 is 21.4 Å². The number of sulfone groups is 1. The molecule has 128 valence electrons. The summed E-state index contributed by atoms with van der Waals surface area (Å²) in [4.78, 5) is 14.1. The number of nitrogens with one attached hydrogen (secondary N) is 1. The van der Waals surface area contributed by atoms with E-state index < -0.39 is 15.9 Å². The number of hydrogen-bond donors (Lipinski definition) is 1. The monoisotopic (exact) mass is 340 g/mol. The van der Waals surface area contributed by atoms with Crippen molar-refractivity contribution in [2.45, 2.75) is 32.0 Å². The number of carbonyl (C=O) groups excluding carboxylic acids is 1. The Morgan fingerprint density at radius 2 is 2.22 bits per heavy atom. The number of methoxy groups -OCH3 is 1. The lowest BCUT2D eigenvalue weighted by Gasteiger charge is -2.27. The third-order valence-electron chi connectivity index (χ3n) is 4.10. The molecule has 1 aliphatic rings. The molecule has 1 aromatic rings. The summed E-state index contributed by atoms with van der Waals surface area (Å²) in [6.07, 6.45) is 0.515. The van der Waals surface area contributed by atoms with Gasteiger partial charge in [-0.1, -0.05) is 12.1 Å². The maximum absolute atomic E-state index is 12.5. The molecular formula is C16H24N2O4S. The summed E-state index contributed by atoms with van der Waals surface area (Å²) < 4.78 is 28.2. The Balaban J connectivity index is 1.98. The van der Waals surface area contributed by atoms with E-state index in [0.717, 1.165) is 11.3 Å². The Morgan fingerprint density at radius 3 is 2.83 bits per heavy atom. The van der Waals surface area contributed by atoms with E-state index in [1.807, 2.05) is 24.3 Å². The summed E-state index contributed by atoms with van der Waals surface area (Å²) in [5.41, 5.74) is 1.86. The van der Waals surface area contributed by atoms with E-state index in [0.29, 0.717) is 13.0 Å². The maximum atomic E-state index is 12.5. The van der Waals surface area contributed by atoms with Crippen molar-refractivity contribution < 1.29 is 17.9 Å². The highest BCUT2D eigenvalue weighted by molar-refractivity contribution is 7.91. The van der Waals surface area contributed by atoms with Crippen molar-refractivity contribution in [1.82, 2.24) is 4.90 Å². The Bertz CT molecular complexity index is 660. The summed E-state index contributed by atoms with van der Waals surface area (Å²) in [7, 11) is 0.311. The van der Waals surface area contributed by atoms with E-state index in [2.05, 4.69) is 5.32 Å². The van der Waals surface area contributed by atoms with Crippen molar-refractivity contribution in [3.8, 4) is 0 Å². The van der Waals surface area contributed by atoms with Crippen molar-refractivity contribution in [2.24, 2.45) is 0 Å². The molecule has 0 saturated carbocycles. The Morgan fingerprint density at radius 1 is 1.48 bits per heavy atom. The van der Waals surface area contributed by atoms with E-state index in [1.165, 1.54) is 0 Å². The molecule has 0 unspecified atom stereocenters. The Kier molecular flexibility index (Phi) is 5.64. The Hall–Kier alpha value is -1.60. The first-order valence-corrected chi connectivity index (χ1v) is 9.46. The molecule has 23 heavy (non-hydrogen) atoms. The first-order valence-electron chi connectivity index (χ1n) is 7.64. The van der Waals surface area contributed by atoms with Gasteiger partial charge in [0.05, 0.1) is 18.1 Å². The standard InChI is InChI=1S/C16H24N2O4S/c1-12(17-14-6-4-5-13(9-14)10-22-3)16(19)18(2)15-7-8-23(20,21)11-15/h4-6,9,12,15,17H,7-8,10-11H2,1-3H3/t12-,15+/m0/s1. The zero-order valence-electron chi connectivity index (χ0n) is 13.8. The summed E-state index contributed by atoms with van der Waals surface area (Å²) in [6, 6.07) is 7.03. The van der Waals surface area contributed by atoms with Crippen LogP contribution in [0.4, 0.5) is 5.69 Å². The minimum Gasteiger partial charge on any atom is -0.380 e. The largest absolute Gasteiger partial charge is 0.380 e. The molecule has 0 bridgehead atoms. The number of likely N-dealkylation sites (N-methyl/N-ethyl adjacent to an activating group) is 1. The number of carbonyl (C=O) groups is 1. The van der Waals surface area contributed by atoms with Crippen molar-refractivity contribution in [3.63, 3.8) is 0 Å². The van der Waals surface area contributed by atoms with Crippen LogP contribution < -0.4 is 5.32 Å². The molecule has 1 amide bonds. The summed E-state index contributed by atoms with van der Waals surface area (Å²) >= 11 is 0. The fourth-order valence-corrected chi connectivity index (χ4v) is 4.57. The first-order chi connectivity index (χ1) is 10.8. The summed E-state index contributed by atoms with van der Waals surface area (Å²) in [5, 5.41) is 3.17. The average molecular weight is 340 g/mol. The fraction of sp³-hybridized carbons (Fsp3) is 0.562. The number of rotatable bonds is 6. The number of nitrogens with zero attached hydrogens (tertiary/aromatic N) is 1. The second-order valence-corrected chi connectivity index (χ2v) is 8.23. The highest BCUT2D eigenvalue weighted by atomic mass is 32.2. The summed E-state index contributed by atoms with van der Waals surface area (Å²) in [6.45, 7) is 2.29. The predicted octanol–water partition coefficient (Wildman–Crippen LogP) is 1.28. The van der Waals surface area contributed by atoms with Gasteiger partial charge in [-0.25, -0.2) is 8.42 Å². The molecule has 1 N–H and O–H groups in total. The van der Waals surface area contributed by atoms with Crippen LogP contribution in [0.15, 0.2) is 24.3 Å². The normalized spacial score (nSPS) is 20.9. The van der Waals surface area contributed by atoms with Gasteiger partial charge in [0.15, 0.2) is 9.84 Å². The number of anilines is 1. The Labute approximate surface area is 137 Å². The van der Waals surface area contributed by atoms with Gasteiger partial charge in [0.1, 0.15) is 6.04 Å². The molecule has 0 radical (unpaired) electrons. The van der Waals surface area contributed by atoms with Gasteiger partial charge in [-0.15, -0.1) is 0 Å². The molecule has 1 fully saturated rings. The SMILES string of the molecule is COCc1cccc(N[C@@H](C)C(=O)N(C)[C@@H]2CCS(=O)(=O)C2)c1. The molecule has 1 saturated heterocycles. The zero-order chi connectivity index (χ0) is 17.0. The molecule has 1 aromatic carbocycles. The molecule has 0 aliphatic carbocycles. The lowest BCUT2D eigenvalue weighted by molar-refractivity contribution is -0.132. The van der Waals surface area contributed by atoms with Crippen LogP contribution in [0.3, 0.4) is 0 Å². The number of ether oxygens (including phenoxy) is 1. The van der Waals surface area contributed by atoms with Gasteiger partial charge < -0.3 is 15.0 Å². The highest BCUT2D eigenvalue weighted by Crippen LogP contribution is 2.18. The third-order valence-corrected chi connectivity index (χ3v) is 5.85. The van der Waals surface area contributed by atoms with Crippen LogP contribution in [0.1, 0.15) is 18.9 Å². The molecule has 6 nitrogen and oxygen atoms in total. The van der Waals surface area contributed by atoms with Crippen LogP contribution in [-0.2, 0) is 26.0 Å². The van der Waals surface area contributed by atoms with E-state index in [4.69, 9.17) is 4.74 Å². The van der Waals surface area contributed by atoms with Gasteiger partial charge in [-0.05, 0) is 31.0 Å². The first kappa shape index (κ1) is 17.7. The molecule has 7 heteroatoms. The van der Waals surface area contributed by atoms with E-state index in [-0.39, 0.29) is 23.5 Å². The fourth-order valence-electron chi connectivity index (χ4n) is 2.80. The van der Waals surface area contributed by atoms with Gasteiger partial charge in [-0.2, -0.15) is 0 Å². The van der Waals surface area contributed by atoms with Gasteiger partial charge >= 0.3 is 0 Å². The smallest absolute Gasteiger partial charge is 0.244 e. The number of hydrogen-bond acceptors (Lipinski definition) is 5. The topological polar surface area (TPSA) is 75.7 Å². The average Bonchev–Trinajstić information content (AvgIpc) is 2.86. The number of amides is 1. The minimum atomic E-state index is -3.00. The molecular weight excluding hydrogens is 316 g/mol. The summed E-state index contributed by atoms with van der Waals surface area (Å²) in [5.74, 6) is 0.116. The molecule has 0 aromatic heterocycles. The van der Waals surface area contributed by atoms with E-state index in [9.17, 15) is 13.2 Å². The second kappa shape index (κ2) is 7.31. The lowest BCUT2D eigenvalue weighted by atomic mass is 10.1. The minimum absolute atomic E-state index is 0.0608. The van der Waals surface area contributed by atoms with Crippen LogP contribution in [0.25, 0.3) is 0 Å². The molecule has 1 heterocycles. The lowest BCUT2D eigenvalue weighted by Crippen LogP contribution is -2.45. The van der Waals surface area contributed by atoms with Crippen molar-refractivity contribution in [3.05, 3.63) is 29.8 Å². The highest BCUT2D eigenvalue weighted by Gasteiger charge is 2.34. The van der Waals surface area contributed by atoms with Gasteiger partial charge in [0, 0.05) is 25.9 Å². The molecule has 0 spiro atoms.